The predicted molar refractivity (Wildman–Crippen MR) is 96.5 cm³/mol. The number of benzene rings is 3. The Kier molecular flexibility index (Phi) is 4.00. The van der Waals surface area contributed by atoms with E-state index in [-0.39, 0.29) is 22.9 Å². The zero-order valence-corrected chi connectivity index (χ0v) is 12.8. The minimum Gasteiger partial charge on any atom is -0.506 e. The molecule has 0 heterocycles. The zero-order chi connectivity index (χ0) is 17.1. The number of nitrogen functional groups attached to an aromatic ring is 2. The molecule has 3 aromatic rings. The molecular weight excluding hydrogens is 300 g/mol. The third kappa shape index (κ3) is 3.11. The van der Waals surface area contributed by atoms with E-state index in [1.807, 2.05) is 30.3 Å². The molecule has 0 saturated heterocycles. The van der Waals surface area contributed by atoms with Crippen molar-refractivity contribution in [1.82, 2.24) is 0 Å². The number of nitrogens with two attached hydrogens (primary N) is 2. The van der Waals surface area contributed by atoms with Crippen LogP contribution in [-0.2, 0) is 0 Å². The van der Waals surface area contributed by atoms with Crippen molar-refractivity contribution in [2.24, 2.45) is 0 Å². The van der Waals surface area contributed by atoms with Crippen molar-refractivity contribution in [1.29, 1.82) is 0 Å². The molecule has 3 aromatic carbocycles. The SMILES string of the molecule is Nc1cc(-c2cc(N)c(O)c(C#Cc3ccccc3)c2)ccc1O. The lowest BCUT2D eigenvalue weighted by molar-refractivity contribution is 0.476. The van der Waals surface area contributed by atoms with Gasteiger partial charge in [0.1, 0.15) is 5.75 Å². The molecule has 0 spiro atoms. The van der Waals surface area contributed by atoms with Gasteiger partial charge in [-0.2, -0.15) is 0 Å². The van der Waals surface area contributed by atoms with Crippen LogP contribution in [0.25, 0.3) is 11.1 Å². The third-order valence-electron chi connectivity index (χ3n) is 3.62. The van der Waals surface area contributed by atoms with Crippen LogP contribution in [0.15, 0.2) is 60.7 Å². The van der Waals surface area contributed by atoms with E-state index in [1.54, 1.807) is 24.3 Å². The maximum Gasteiger partial charge on any atom is 0.154 e. The van der Waals surface area contributed by atoms with Crippen LogP contribution < -0.4 is 11.5 Å². The molecule has 0 unspecified atom stereocenters. The minimum absolute atomic E-state index is 0.0228. The van der Waals surface area contributed by atoms with Crippen LogP contribution in [0.3, 0.4) is 0 Å². The molecule has 0 amide bonds. The quantitative estimate of drug-likeness (QED) is 0.315. The summed E-state index contributed by atoms with van der Waals surface area (Å²) in [6, 6.07) is 17.8. The molecule has 118 valence electrons. The number of phenolic OH excluding ortho intramolecular Hbond substituents is 2. The van der Waals surface area contributed by atoms with Crippen molar-refractivity contribution in [3.05, 3.63) is 71.8 Å². The summed E-state index contributed by atoms with van der Waals surface area (Å²) in [6.07, 6.45) is 0. The summed E-state index contributed by atoms with van der Waals surface area (Å²) in [4.78, 5) is 0. The van der Waals surface area contributed by atoms with E-state index in [9.17, 15) is 10.2 Å². The van der Waals surface area contributed by atoms with Crippen LogP contribution in [-0.4, -0.2) is 10.2 Å². The Balaban J connectivity index is 2.06. The van der Waals surface area contributed by atoms with Gasteiger partial charge in [-0.1, -0.05) is 36.1 Å². The standard InChI is InChI=1S/C20H16N2O2/c21-17-11-14(8-9-19(17)23)16-10-15(20(24)18(22)12-16)7-6-13-4-2-1-3-5-13/h1-5,8-12,23-24H,21-22H2. The average Bonchev–Trinajstić information content (AvgIpc) is 2.59. The second kappa shape index (κ2) is 6.27. The Bertz CT molecular complexity index is 955. The fraction of sp³-hybridized carbons (Fsp3) is 0. The molecule has 0 atom stereocenters. The van der Waals surface area contributed by atoms with E-state index >= 15 is 0 Å². The summed E-state index contributed by atoms with van der Waals surface area (Å²) in [5, 5.41) is 19.7. The Hall–Kier alpha value is -3.58. The Morgan fingerprint density at radius 2 is 1.42 bits per heavy atom. The number of rotatable bonds is 1. The van der Waals surface area contributed by atoms with Gasteiger partial charge < -0.3 is 21.7 Å². The minimum atomic E-state index is -0.0473. The zero-order valence-electron chi connectivity index (χ0n) is 12.8. The highest BCUT2D eigenvalue weighted by atomic mass is 16.3. The van der Waals surface area contributed by atoms with Crippen molar-refractivity contribution in [2.45, 2.75) is 0 Å². The van der Waals surface area contributed by atoms with E-state index in [4.69, 9.17) is 11.5 Å². The van der Waals surface area contributed by atoms with Gasteiger partial charge in [0, 0.05) is 5.56 Å². The molecule has 0 aliphatic rings. The number of anilines is 2. The fourth-order valence-corrected chi connectivity index (χ4v) is 2.31. The highest BCUT2D eigenvalue weighted by Gasteiger charge is 2.09. The van der Waals surface area contributed by atoms with Gasteiger partial charge in [0.2, 0.25) is 0 Å². The lowest BCUT2D eigenvalue weighted by atomic mass is 10.0. The Labute approximate surface area is 140 Å². The highest BCUT2D eigenvalue weighted by Crippen LogP contribution is 2.33. The first-order chi connectivity index (χ1) is 11.5. The molecule has 3 rings (SSSR count). The fourth-order valence-electron chi connectivity index (χ4n) is 2.31. The Morgan fingerprint density at radius 3 is 2.12 bits per heavy atom. The summed E-state index contributed by atoms with van der Waals surface area (Å²) >= 11 is 0. The van der Waals surface area contributed by atoms with Gasteiger partial charge in [-0.05, 0) is 47.5 Å². The average molecular weight is 316 g/mol. The van der Waals surface area contributed by atoms with Gasteiger partial charge in [0.15, 0.2) is 5.75 Å². The van der Waals surface area contributed by atoms with E-state index in [0.29, 0.717) is 5.56 Å². The molecule has 0 fully saturated rings. The first-order valence-electron chi connectivity index (χ1n) is 7.33. The second-order valence-corrected chi connectivity index (χ2v) is 5.35. The van der Waals surface area contributed by atoms with Crippen molar-refractivity contribution >= 4 is 11.4 Å². The summed E-state index contributed by atoms with van der Waals surface area (Å²) in [6.45, 7) is 0. The maximum atomic E-state index is 10.2. The molecule has 0 bridgehead atoms. The number of phenols is 2. The van der Waals surface area contributed by atoms with Crippen LogP contribution in [0.2, 0.25) is 0 Å². The number of hydrogen-bond donors (Lipinski definition) is 4. The molecular formula is C20H16N2O2. The van der Waals surface area contributed by atoms with Crippen molar-refractivity contribution in [2.75, 3.05) is 11.5 Å². The molecule has 0 aromatic heterocycles. The van der Waals surface area contributed by atoms with Gasteiger partial charge in [0.05, 0.1) is 16.9 Å². The van der Waals surface area contributed by atoms with E-state index in [1.165, 1.54) is 6.07 Å². The number of hydrogen-bond acceptors (Lipinski definition) is 4. The van der Waals surface area contributed by atoms with Crippen LogP contribution in [0, 0.1) is 11.8 Å². The molecule has 24 heavy (non-hydrogen) atoms. The lowest BCUT2D eigenvalue weighted by Crippen LogP contribution is -1.92. The van der Waals surface area contributed by atoms with Gasteiger partial charge in [-0.3, -0.25) is 0 Å². The largest absolute Gasteiger partial charge is 0.506 e. The van der Waals surface area contributed by atoms with Crippen molar-refractivity contribution < 1.29 is 10.2 Å². The first-order valence-corrected chi connectivity index (χ1v) is 7.33. The molecule has 4 heteroatoms. The molecule has 4 nitrogen and oxygen atoms in total. The Morgan fingerprint density at radius 1 is 0.708 bits per heavy atom. The number of aromatic hydroxyl groups is 2. The third-order valence-corrected chi connectivity index (χ3v) is 3.62. The summed E-state index contributed by atoms with van der Waals surface area (Å²) in [7, 11) is 0. The predicted octanol–water partition coefficient (Wildman–Crippen LogP) is 3.33. The van der Waals surface area contributed by atoms with Crippen molar-refractivity contribution in [3.63, 3.8) is 0 Å². The van der Waals surface area contributed by atoms with Gasteiger partial charge in [0.25, 0.3) is 0 Å². The maximum absolute atomic E-state index is 10.2. The molecule has 0 radical (unpaired) electrons. The van der Waals surface area contributed by atoms with E-state index in [0.717, 1.165) is 16.7 Å². The summed E-state index contributed by atoms with van der Waals surface area (Å²) in [5.41, 5.74) is 15.0. The topological polar surface area (TPSA) is 92.5 Å². The summed E-state index contributed by atoms with van der Waals surface area (Å²) < 4.78 is 0. The van der Waals surface area contributed by atoms with Crippen LogP contribution in [0.1, 0.15) is 11.1 Å². The van der Waals surface area contributed by atoms with Crippen LogP contribution >= 0.6 is 0 Å². The van der Waals surface area contributed by atoms with Crippen LogP contribution in [0.4, 0.5) is 11.4 Å². The molecule has 0 saturated carbocycles. The van der Waals surface area contributed by atoms with Gasteiger partial charge >= 0.3 is 0 Å². The van der Waals surface area contributed by atoms with Gasteiger partial charge in [-0.25, -0.2) is 0 Å². The lowest BCUT2D eigenvalue weighted by Gasteiger charge is -2.09. The second-order valence-electron chi connectivity index (χ2n) is 5.35. The summed E-state index contributed by atoms with van der Waals surface area (Å²) in [5.74, 6) is 5.92. The van der Waals surface area contributed by atoms with Crippen molar-refractivity contribution in [3.8, 4) is 34.5 Å². The molecule has 0 aliphatic heterocycles. The highest BCUT2D eigenvalue weighted by molar-refractivity contribution is 5.77. The monoisotopic (exact) mass is 316 g/mol. The van der Waals surface area contributed by atoms with Crippen LogP contribution in [0.5, 0.6) is 11.5 Å². The van der Waals surface area contributed by atoms with Gasteiger partial charge in [-0.15, -0.1) is 0 Å². The molecule has 6 N–H and O–H groups in total. The normalized spacial score (nSPS) is 10.0. The molecule has 0 aliphatic carbocycles. The van der Waals surface area contributed by atoms with E-state index < -0.39 is 0 Å². The smallest absolute Gasteiger partial charge is 0.154 e. The van der Waals surface area contributed by atoms with E-state index in [2.05, 4.69) is 11.8 Å². The first kappa shape index (κ1) is 15.3.